The van der Waals surface area contributed by atoms with Gasteiger partial charge in [0, 0.05) is 16.0 Å². The number of halogens is 1. The molecule has 0 aliphatic heterocycles. The summed E-state index contributed by atoms with van der Waals surface area (Å²) in [5, 5.41) is 5.07. The molecule has 27 heavy (non-hydrogen) atoms. The maximum absolute atomic E-state index is 6.23. The zero-order chi connectivity index (χ0) is 19.0. The summed E-state index contributed by atoms with van der Waals surface area (Å²) in [6.45, 7) is 3.86. The van der Waals surface area contributed by atoms with Crippen LogP contribution in [0, 0.1) is 13.8 Å². The lowest BCUT2D eigenvalue weighted by molar-refractivity contribution is 0.416. The van der Waals surface area contributed by atoms with Gasteiger partial charge in [-0.2, -0.15) is 0 Å². The van der Waals surface area contributed by atoms with Crippen LogP contribution >= 0.6 is 22.9 Å². The van der Waals surface area contributed by atoms with Gasteiger partial charge in [0.15, 0.2) is 0 Å². The highest BCUT2D eigenvalue weighted by molar-refractivity contribution is 7.21. The first-order valence-electron chi connectivity index (χ1n) is 8.50. The van der Waals surface area contributed by atoms with Crippen LogP contribution in [0.4, 0.5) is 11.5 Å². The van der Waals surface area contributed by atoms with Crippen molar-refractivity contribution < 1.29 is 4.74 Å². The lowest BCUT2D eigenvalue weighted by Gasteiger charge is -2.13. The molecule has 136 valence electrons. The van der Waals surface area contributed by atoms with E-state index >= 15 is 0 Å². The van der Waals surface area contributed by atoms with Crippen LogP contribution < -0.4 is 10.1 Å². The number of hydrogen-bond donors (Lipinski definition) is 1. The standard InChI is InChI=1S/C21H18ClN3OS/c1-12-9-17(18(26-3)11-16(12)22)25-20-15-10-19(14-7-5-4-6-8-14)27-21(15)24-13(2)23-20/h4-11H,1-3H3,(H,23,24,25). The van der Waals surface area contributed by atoms with Crippen molar-refractivity contribution in [1.82, 2.24) is 9.97 Å². The Kier molecular flexibility index (Phi) is 4.72. The molecular weight excluding hydrogens is 378 g/mol. The smallest absolute Gasteiger partial charge is 0.143 e. The minimum atomic E-state index is 0.670. The topological polar surface area (TPSA) is 47.0 Å². The van der Waals surface area contributed by atoms with Crippen LogP contribution in [-0.2, 0) is 0 Å². The fourth-order valence-corrected chi connectivity index (χ4v) is 4.16. The zero-order valence-electron chi connectivity index (χ0n) is 15.2. The van der Waals surface area contributed by atoms with E-state index in [0.717, 1.165) is 38.0 Å². The number of anilines is 2. The second-order valence-electron chi connectivity index (χ2n) is 6.24. The number of aromatic nitrogens is 2. The third-order valence-corrected chi connectivity index (χ3v) is 5.78. The van der Waals surface area contributed by atoms with Crippen LogP contribution in [0.25, 0.3) is 20.7 Å². The molecule has 0 amide bonds. The van der Waals surface area contributed by atoms with Gasteiger partial charge < -0.3 is 10.1 Å². The van der Waals surface area contributed by atoms with E-state index in [2.05, 4.69) is 33.5 Å². The average molecular weight is 396 g/mol. The van der Waals surface area contributed by atoms with E-state index in [1.807, 2.05) is 44.2 Å². The lowest BCUT2D eigenvalue weighted by Crippen LogP contribution is -2.00. The van der Waals surface area contributed by atoms with E-state index in [9.17, 15) is 0 Å². The number of hydrogen-bond acceptors (Lipinski definition) is 5. The number of methoxy groups -OCH3 is 1. The van der Waals surface area contributed by atoms with Crippen molar-refractivity contribution in [2.75, 3.05) is 12.4 Å². The van der Waals surface area contributed by atoms with Gasteiger partial charge in [-0.05, 0) is 37.1 Å². The Balaban J connectivity index is 1.83. The van der Waals surface area contributed by atoms with Crippen molar-refractivity contribution in [2.24, 2.45) is 0 Å². The minimum Gasteiger partial charge on any atom is -0.495 e. The summed E-state index contributed by atoms with van der Waals surface area (Å²) in [6.07, 6.45) is 0. The highest BCUT2D eigenvalue weighted by atomic mass is 35.5. The monoisotopic (exact) mass is 395 g/mol. The number of benzene rings is 2. The Labute approximate surface area is 166 Å². The van der Waals surface area contributed by atoms with Crippen molar-refractivity contribution in [3.63, 3.8) is 0 Å². The molecule has 2 aromatic carbocycles. The molecule has 4 rings (SSSR count). The van der Waals surface area contributed by atoms with Gasteiger partial charge in [0.05, 0.1) is 18.2 Å². The Bertz CT molecular complexity index is 1130. The summed E-state index contributed by atoms with van der Waals surface area (Å²) in [5.41, 5.74) is 2.97. The van der Waals surface area contributed by atoms with E-state index in [1.165, 1.54) is 5.56 Å². The van der Waals surface area contributed by atoms with E-state index in [-0.39, 0.29) is 0 Å². The number of nitrogens with one attached hydrogen (secondary N) is 1. The Morgan fingerprint density at radius 3 is 2.56 bits per heavy atom. The summed E-state index contributed by atoms with van der Waals surface area (Å²) in [4.78, 5) is 11.4. The molecule has 0 bridgehead atoms. The van der Waals surface area contributed by atoms with Gasteiger partial charge in [0.1, 0.15) is 22.2 Å². The third-order valence-electron chi connectivity index (χ3n) is 4.30. The van der Waals surface area contributed by atoms with Crippen LogP contribution in [0.15, 0.2) is 48.5 Å². The van der Waals surface area contributed by atoms with Crippen LogP contribution in [0.1, 0.15) is 11.4 Å². The van der Waals surface area contributed by atoms with Crippen molar-refractivity contribution >= 4 is 44.7 Å². The molecule has 2 aromatic heterocycles. The van der Waals surface area contributed by atoms with Gasteiger partial charge in [0.25, 0.3) is 0 Å². The molecule has 2 heterocycles. The van der Waals surface area contributed by atoms with E-state index in [0.29, 0.717) is 10.8 Å². The van der Waals surface area contributed by atoms with Gasteiger partial charge in [-0.1, -0.05) is 41.9 Å². The van der Waals surface area contributed by atoms with Crippen LogP contribution in [-0.4, -0.2) is 17.1 Å². The Hall–Kier alpha value is -2.63. The number of rotatable bonds is 4. The summed E-state index contributed by atoms with van der Waals surface area (Å²) in [6, 6.07) is 16.2. The molecule has 0 fully saturated rings. The van der Waals surface area contributed by atoms with Gasteiger partial charge in [-0.15, -0.1) is 11.3 Å². The molecule has 0 saturated carbocycles. The number of aryl methyl sites for hydroxylation is 2. The van der Waals surface area contributed by atoms with E-state index in [1.54, 1.807) is 18.4 Å². The molecule has 0 radical (unpaired) electrons. The summed E-state index contributed by atoms with van der Waals surface area (Å²) < 4.78 is 5.48. The summed E-state index contributed by atoms with van der Waals surface area (Å²) in [5.74, 6) is 2.15. The summed E-state index contributed by atoms with van der Waals surface area (Å²) in [7, 11) is 1.63. The molecule has 0 saturated heterocycles. The number of fused-ring (bicyclic) bond motifs is 1. The maximum Gasteiger partial charge on any atom is 0.143 e. The van der Waals surface area contributed by atoms with Crippen LogP contribution in [0.5, 0.6) is 5.75 Å². The third kappa shape index (κ3) is 3.48. The van der Waals surface area contributed by atoms with Crippen molar-refractivity contribution in [1.29, 1.82) is 0 Å². The first-order chi connectivity index (χ1) is 13.0. The van der Waals surface area contributed by atoms with E-state index in [4.69, 9.17) is 16.3 Å². The fourth-order valence-electron chi connectivity index (χ4n) is 2.93. The van der Waals surface area contributed by atoms with Gasteiger partial charge in [-0.25, -0.2) is 9.97 Å². The molecule has 0 atom stereocenters. The molecular formula is C21H18ClN3OS. The summed E-state index contributed by atoms with van der Waals surface area (Å²) >= 11 is 7.89. The predicted molar refractivity (Wildman–Crippen MR) is 114 cm³/mol. The first kappa shape index (κ1) is 17.8. The second-order valence-corrected chi connectivity index (χ2v) is 7.68. The van der Waals surface area contributed by atoms with Crippen LogP contribution in [0.3, 0.4) is 0 Å². The van der Waals surface area contributed by atoms with Crippen molar-refractivity contribution in [3.8, 4) is 16.2 Å². The van der Waals surface area contributed by atoms with Crippen LogP contribution in [0.2, 0.25) is 5.02 Å². The largest absolute Gasteiger partial charge is 0.495 e. The Morgan fingerprint density at radius 1 is 1.04 bits per heavy atom. The molecule has 0 aliphatic rings. The minimum absolute atomic E-state index is 0.670. The number of thiophene rings is 1. The Morgan fingerprint density at radius 2 is 1.81 bits per heavy atom. The fraction of sp³-hybridized carbons (Fsp3) is 0.143. The molecule has 4 nitrogen and oxygen atoms in total. The maximum atomic E-state index is 6.23. The first-order valence-corrected chi connectivity index (χ1v) is 9.69. The number of nitrogens with zero attached hydrogens (tertiary/aromatic N) is 2. The molecule has 1 N–H and O–H groups in total. The SMILES string of the molecule is COc1cc(Cl)c(C)cc1Nc1nc(C)nc2sc(-c3ccccc3)cc12. The van der Waals surface area contributed by atoms with Gasteiger partial charge in [0.2, 0.25) is 0 Å². The lowest BCUT2D eigenvalue weighted by atomic mass is 10.1. The molecule has 0 unspecified atom stereocenters. The second kappa shape index (κ2) is 7.18. The zero-order valence-corrected chi connectivity index (χ0v) is 16.8. The molecule has 0 spiro atoms. The average Bonchev–Trinajstić information content (AvgIpc) is 3.09. The van der Waals surface area contributed by atoms with Crippen molar-refractivity contribution in [2.45, 2.75) is 13.8 Å². The highest BCUT2D eigenvalue weighted by Crippen LogP contribution is 2.38. The number of ether oxygens (including phenoxy) is 1. The van der Waals surface area contributed by atoms with Gasteiger partial charge >= 0.3 is 0 Å². The normalized spacial score (nSPS) is 11.0. The highest BCUT2D eigenvalue weighted by Gasteiger charge is 2.14. The van der Waals surface area contributed by atoms with Crippen molar-refractivity contribution in [3.05, 3.63) is 64.9 Å². The molecule has 0 aliphatic carbocycles. The predicted octanol–water partition coefficient (Wildman–Crippen LogP) is 6.38. The van der Waals surface area contributed by atoms with E-state index < -0.39 is 0 Å². The quantitative estimate of drug-likeness (QED) is 0.435. The van der Waals surface area contributed by atoms with Gasteiger partial charge in [-0.3, -0.25) is 0 Å². The molecule has 6 heteroatoms. The molecule has 4 aromatic rings.